The van der Waals surface area contributed by atoms with Gasteiger partial charge in [-0.25, -0.2) is 0 Å². The van der Waals surface area contributed by atoms with Crippen molar-refractivity contribution in [3.63, 3.8) is 0 Å². The second kappa shape index (κ2) is 7.47. The Labute approximate surface area is 185 Å². The van der Waals surface area contributed by atoms with Gasteiger partial charge in [-0.1, -0.05) is 0 Å². The number of carbonyl (C=O) groups excluding carboxylic acids is 1. The average molecular weight is 453 g/mol. The maximum atomic E-state index is 13.0. The Hall–Kier alpha value is -4.15. The molecule has 3 aromatic heterocycles. The number of benzene rings is 2. The first-order chi connectivity index (χ1) is 15.7. The van der Waals surface area contributed by atoms with Gasteiger partial charge in [-0.2, -0.15) is 33.7 Å². The molecule has 0 aliphatic heterocycles. The molecule has 3 heterocycles. The predicted molar refractivity (Wildman–Crippen MR) is 115 cm³/mol. The van der Waals surface area contributed by atoms with Gasteiger partial charge in [0.15, 0.2) is 5.65 Å². The molecule has 0 aliphatic carbocycles. The molecule has 168 valence electrons. The zero-order chi connectivity index (χ0) is 23.3. The van der Waals surface area contributed by atoms with Crippen molar-refractivity contribution in [2.45, 2.75) is 19.1 Å². The molecular weight excluding hydrogens is 435 g/mol. The minimum atomic E-state index is -4.41. The largest absolute Gasteiger partial charge is 0.416 e. The summed E-state index contributed by atoms with van der Waals surface area (Å²) in [4.78, 5) is 12.8. The highest BCUT2D eigenvalue weighted by Gasteiger charge is 2.30. The van der Waals surface area contributed by atoms with Crippen molar-refractivity contribution in [3.8, 4) is 5.69 Å². The molecule has 0 bridgehead atoms. The molecule has 1 unspecified atom stereocenters. The number of nitrogens with zero attached hydrogens (tertiary/aromatic N) is 5. The van der Waals surface area contributed by atoms with Crippen LogP contribution < -0.4 is 5.32 Å². The number of hydrogen-bond donors (Lipinski definition) is 2. The summed E-state index contributed by atoms with van der Waals surface area (Å²) in [6.45, 7) is 1.80. The van der Waals surface area contributed by atoms with E-state index in [1.54, 1.807) is 41.4 Å². The number of aromatic amines is 1. The average Bonchev–Trinajstić information content (AvgIpc) is 3.49. The number of halogens is 3. The van der Waals surface area contributed by atoms with Gasteiger partial charge in [-0.15, -0.1) is 0 Å². The lowest BCUT2D eigenvalue weighted by Gasteiger charge is -2.12. The van der Waals surface area contributed by atoms with Crippen LogP contribution in [0.1, 0.15) is 34.6 Å². The van der Waals surface area contributed by atoms with Crippen molar-refractivity contribution >= 4 is 27.8 Å². The normalized spacial score (nSPS) is 13.0. The fourth-order valence-corrected chi connectivity index (χ4v) is 3.87. The van der Waals surface area contributed by atoms with Crippen LogP contribution in [-0.2, 0) is 13.2 Å². The molecule has 0 radical (unpaired) electrons. The van der Waals surface area contributed by atoms with E-state index in [0.29, 0.717) is 22.6 Å². The van der Waals surface area contributed by atoms with E-state index in [2.05, 4.69) is 25.8 Å². The highest BCUT2D eigenvalue weighted by molar-refractivity contribution is 6.10. The first-order valence-corrected chi connectivity index (χ1v) is 10.0. The van der Waals surface area contributed by atoms with E-state index < -0.39 is 11.7 Å². The number of amides is 1. The van der Waals surface area contributed by atoms with Crippen molar-refractivity contribution in [1.82, 2.24) is 35.1 Å². The lowest BCUT2D eigenvalue weighted by Crippen LogP contribution is -2.26. The van der Waals surface area contributed by atoms with Crippen LogP contribution in [0.4, 0.5) is 13.2 Å². The van der Waals surface area contributed by atoms with Gasteiger partial charge in [-0.3, -0.25) is 14.0 Å². The van der Waals surface area contributed by atoms with E-state index in [1.165, 1.54) is 18.3 Å². The molecule has 5 rings (SSSR count). The first kappa shape index (κ1) is 20.7. The summed E-state index contributed by atoms with van der Waals surface area (Å²) in [6, 6.07) is 9.77. The minimum Gasteiger partial charge on any atom is -0.344 e. The van der Waals surface area contributed by atoms with Gasteiger partial charge in [0, 0.05) is 35.3 Å². The summed E-state index contributed by atoms with van der Waals surface area (Å²) in [6.07, 6.45) is -1.06. The molecule has 2 aromatic carbocycles. The molecule has 0 spiro atoms. The molecule has 11 heteroatoms. The van der Waals surface area contributed by atoms with Gasteiger partial charge in [0.2, 0.25) is 0 Å². The summed E-state index contributed by atoms with van der Waals surface area (Å²) < 4.78 is 42.4. The number of carbonyl (C=O) groups is 1. The van der Waals surface area contributed by atoms with Gasteiger partial charge < -0.3 is 5.32 Å². The van der Waals surface area contributed by atoms with Crippen molar-refractivity contribution in [2.24, 2.45) is 7.05 Å². The second-order valence-corrected chi connectivity index (χ2v) is 7.74. The van der Waals surface area contributed by atoms with Crippen molar-refractivity contribution < 1.29 is 18.0 Å². The molecule has 33 heavy (non-hydrogen) atoms. The maximum absolute atomic E-state index is 13.0. The van der Waals surface area contributed by atoms with Gasteiger partial charge >= 0.3 is 6.18 Å². The fraction of sp³-hybridized carbons (Fsp3) is 0.182. The van der Waals surface area contributed by atoms with Crippen LogP contribution in [0.2, 0.25) is 0 Å². The summed E-state index contributed by atoms with van der Waals surface area (Å²) in [5.74, 6) is -0.285. The number of rotatable bonds is 4. The summed E-state index contributed by atoms with van der Waals surface area (Å²) in [7, 11) is 1.76. The highest BCUT2D eigenvalue weighted by Crippen LogP contribution is 2.34. The van der Waals surface area contributed by atoms with E-state index >= 15 is 0 Å². The van der Waals surface area contributed by atoms with Crippen LogP contribution in [0.5, 0.6) is 0 Å². The number of alkyl halides is 3. The number of hydrogen-bond acceptors (Lipinski definition) is 4. The first-order valence-electron chi connectivity index (χ1n) is 10.0. The lowest BCUT2D eigenvalue weighted by atomic mass is 10.1. The van der Waals surface area contributed by atoms with Crippen molar-refractivity contribution in [1.29, 1.82) is 0 Å². The van der Waals surface area contributed by atoms with E-state index in [1.807, 2.05) is 6.20 Å². The van der Waals surface area contributed by atoms with Gasteiger partial charge in [0.25, 0.3) is 5.91 Å². The minimum absolute atomic E-state index is 0.285. The monoisotopic (exact) mass is 453 g/mol. The lowest BCUT2D eigenvalue weighted by molar-refractivity contribution is -0.137. The molecule has 1 amide bonds. The molecule has 0 fully saturated rings. The zero-order valence-corrected chi connectivity index (χ0v) is 17.6. The van der Waals surface area contributed by atoms with E-state index in [0.717, 1.165) is 28.4 Å². The highest BCUT2D eigenvalue weighted by atomic mass is 19.4. The molecule has 5 aromatic rings. The van der Waals surface area contributed by atoms with E-state index in [-0.39, 0.29) is 11.9 Å². The van der Waals surface area contributed by atoms with Crippen LogP contribution in [-0.4, -0.2) is 35.7 Å². The summed E-state index contributed by atoms with van der Waals surface area (Å²) >= 11 is 0. The molecule has 1 atom stereocenters. The zero-order valence-electron chi connectivity index (χ0n) is 17.6. The standard InChI is InChI=1S/C22H18F3N7O/c1-12(18-10-26-30-28-18)27-21(33)13-3-8-19-16(9-13)17-11-31(2)29-20(17)32(19)15-6-4-14(5-7-15)22(23,24)25/h3-12H,1-2H3,(H,27,33)(H,26,28,30). The molecule has 0 saturated carbocycles. The molecule has 8 nitrogen and oxygen atoms in total. The van der Waals surface area contributed by atoms with Crippen molar-refractivity contribution in [2.75, 3.05) is 0 Å². The van der Waals surface area contributed by atoms with Crippen LogP contribution in [0.15, 0.2) is 54.9 Å². The predicted octanol–water partition coefficient (Wildman–Crippen LogP) is 4.15. The molecule has 0 saturated heterocycles. The molecule has 0 aliphatic rings. The van der Waals surface area contributed by atoms with Crippen LogP contribution >= 0.6 is 0 Å². The van der Waals surface area contributed by atoms with Gasteiger partial charge in [0.05, 0.1) is 23.3 Å². The third-order valence-corrected chi connectivity index (χ3v) is 5.49. The quantitative estimate of drug-likeness (QED) is 0.428. The van der Waals surface area contributed by atoms with E-state index in [4.69, 9.17) is 0 Å². The van der Waals surface area contributed by atoms with E-state index in [9.17, 15) is 18.0 Å². The summed E-state index contributed by atoms with van der Waals surface area (Å²) in [5.41, 5.74) is 2.18. The van der Waals surface area contributed by atoms with Crippen LogP contribution in [0, 0.1) is 0 Å². The number of aromatic nitrogens is 6. The molecular formula is C22H18F3N7O. The summed E-state index contributed by atoms with van der Waals surface area (Å²) in [5, 5.41) is 19.2. The third-order valence-electron chi connectivity index (χ3n) is 5.49. The van der Waals surface area contributed by atoms with Crippen LogP contribution in [0.25, 0.3) is 27.6 Å². The maximum Gasteiger partial charge on any atom is 0.416 e. The Balaban J connectivity index is 1.58. The second-order valence-electron chi connectivity index (χ2n) is 7.74. The number of nitrogens with one attached hydrogen (secondary N) is 2. The Kier molecular flexibility index (Phi) is 4.69. The fourth-order valence-electron chi connectivity index (χ4n) is 3.87. The topological polar surface area (TPSA) is 93.4 Å². The van der Waals surface area contributed by atoms with Crippen molar-refractivity contribution in [3.05, 3.63) is 71.7 Å². The third kappa shape index (κ3) is 3.60. The smallest absolute Gasteiger partial charge is 0.344 e. The number of fused-ring (bicyclic) bond motifs is 3. The Morgan fingerprint density at radius 3 is 2.55 bits per heavy atom. The SMILES string of the molecule is CC(NC(=O)c1ccc2c(c1)c1cn(C)nc1n2-c1ccc(C(F)(F)F)cc1)c1cn[nH]n1. The Morgan fingerprint density at radius 1 is 1.12 bits per heavy atom. The van der Waals surface area contributed by atoms with Gasteiger partial charge in [-0.05, 0) is 49.4 Å². The van der Waals surface area contributed by atoms with Crippen LogP contribution in [0.3, 0.4) is 0 Å². The molecule has 2 N–H and O–H groups in total. The Morgan fingerprint density at radius 2 is 1.88 bits per heavy atom. The number of H-pyrrole nitrogens is 1. The Bertz CT molecular complexity index is 1460. The number of aryl methyl sites for hydroxylation is 1. The van der Waals surface area contributed by atoms with Gasteiger partial charge in [0.1, 0.15) is 5.69 Å².